The maximum absolute atomic E-state index is 15.5. The van der Waals surface area contributed by atoms with Gasteiger partial charge in [-0.25, -0.2) is 23.2 Å². The predicted octanol–water partition coefficient (Wildman–Crippen LogP) is 7.22. The Bertz CT molecular complexity index is 1760. The summed E-state index contributed by atoms with van der Waals surface area (Å²) in [5.41, 5.74) is 6.27. The van der Waals surface area contributed by atoms with E-state index < -0.39 is 5.97 Å². The van der Waals surface area contributed by atoms with Crippen LogP contribution in [-0.4, -0.2) is 25.8 Å². The van der Waals surface area contributed by atoms with E-state index in [1.807, 2.05) is 12.1 Å². The van der Waals surface area contributed by atoms with Crippen LogP contribution in [-0.2, 0) is 12.8 Å². The smallest absolute Gasteiger partial charge is 0.355 e. The molecule has 4 aromatic rings. The third kappa shape index (κ3) is 5.56. The molecular formula is C33H33F2N4O2S2+. The van der Waals surface area contributed by atoms with Crippen molar-refractivity contribution in [2.24, 2.45) is 17.8 Å². The number of allylic oxidation sites excluding steroid dienone is 2. The fourth-order valence-electron chi connectivity index (χ4n) is 6.94. The molecule has 7 rings (SSSR count). The Kier molecular flexibility index (Phi) is 7.47. The van der Waals surface area contributed by atoms with Gasteiger partial charge < -0.3 is 5.11 Å². The SMILES string of the molecule is CC1CC2=CC(c3cc(-c4nn(-c5nc(C(=O)O)cs5)c(CC5CC5)c4Cc4ccc(S[NH3+])c(F)c4)ccc3F)C(C2)C1. The number of carboxylic acids is 1. The van der Waals surface area contributed by atoms with E-state index in [4.69, 9.17) is 5.10 Å². The molecule has 0 spiro atoms. The van der Waals surface area contributed by atoms with Crippen molar-refractivity contribution in [3.05, 3.63) is 93.1 Å². The van der Waals surface area contributed by atoms with Gasteiger partial charge in [-0.2, -0.15) is 5.10 Å². The highest BCUT2D eigenvalue weighted by molar-refractivity contribution is 7.92. The fourth-order valence-corrected chi connectivity index (χ4v) is 8.08. The number of halogens is 2. The topological polar surface area (TPSA) is 95.7 Å². The van der Waals surface area contributed by atoms with Crippen molar-refractivity contribution in [2.75, 3.05) is 0 Å². The van der Waals surface area contributed by atoms with Gasteiger partial charge in [0.05, 0.1) is 11.4 Å². The summed E-state index contributed by atoms with van der Waals surface area (Å²) in [5.74, 6) is -0.0716. The number of aromatic carboxylic acids is 1. The maximum atomic E-state index is 15.5. The largest absolute Gasteiger partial charge is 0.476 e. The molecule has 2 heterocycles. The lowest BCUT2D eigenvalue weighted by atomic mass is 9.78. The van der Waals surface area contributed by atoms with Gasteiger partial charge in [-0.05, 0) is 97.7 Å². The summed E-state index contributed by atoms with van der Waals surface area (Å²) in [6.07, 6.45) is 8.88. The second-order valence-electron chi connectivity index (χ2n) is 12.3. The number of thiazole rings is 1. The molecule has 2 saturated carbocycles. The molecule has 3 atom stereocenters. The van der Waals surface area contributed by atoms with Crippen LogP contribution in [0, 0.1) is 29.4 Å². The first kappa shape index (κ1) is 28.4. The minimum absolute atomic E-state index is 0.0296. The third-order valence-corrected chi connectivity index (χ3v) is 10.5. The summed E-state index contributed by atoms with van der Waals surface area (Å²) < 4.78 is 32.1. The van der Waals surface area contributed by atoms with Gasteiger partial charge in [0.1, 0.15) is 28.5 Å². The Hall–Kier alpha value is -3.34. The molecule has 43 heavy (non-hydrogen) atoms. The Morgan fingerprint density at radius 3 is 2.72 bits per heavy atom. The van der Waals surface area contributed by atoms with Gasteiger partial charge in [-0.3, -0.25) is 5.14 Å². The molecule has 222 valence electrons. The summed E-state index contributed by atoms with van der Waals surface area (Å²) in [6.45, 7) is 2.27. The Morgan fingerprint density at radius 2 is 2.00 bits per heavy atom. The zero-order chi connectivity index (χ0) is 29.8. The normalized spacial score (nSPS) is 21.3. The van der Waals surface area contributed by atoms with Crippen molar-refractivity contribution in [3.8, 4) is 16.4 Å². The van der Waals surface area contributed by atoms with E-state index in [0.29, 0.717) is 45.5 Å². The summed E-state index contributed by atoms with van der Waals surface area (Å²) in [5, 5.41) is 20.3. The lowest BCUT2D eigenvalue weighted by Gasteiger charge is -2.26. The van der Waals surface area contributed by atoms with E-state index in [1.165, 1.54) is 22.3 Å². The van der Waals surface area contributed by atoms with E-state index in [2.05, 4.69) is 23.1 Å². The fraction of sp³-hybridized carbons (Fsp3) is 0.364. The van der Waals surface area contributed by atoms with Crippen LogP contribution in [0.3, 0.4) is 0 Å². The molecule has 0 aliphatic heterocycles. The van der Waals surface area contributed by atoms with Gasteiger partial charge in [0.25, 0.3) is 0 Å². The molecule has 10 heteroatoms. The standard InChI is InChI=1S/C33H32F2N4O2S2/c1-17-8-20-10-22(9-17)23(12-20)24-15-21(5-6-26(24)34)31-25(11-19-4-7-30(43-36)27(35)13-19)29(14-18-2-3-18)39(38-31)33-37-28(16-42-33)32(40)41/h4-7,12-13,15-18,22-23H,2-3,8-11,14,36H2,1H3,(H,40,41)/p+1. The van der Waals surface area contributed by atoms with Crippen LogP contribution >= 0.6 is 23.3 Å². The number of carbonyl (C=O) groups is 1. The van der Waals surface area contributed by atoms with Crippen LogP contribution in [0.25, 0.3) is 16.4 Å². The molecule has 0 saturated heterocycles. The molecule has 3 aliphatic carbocycles. The van der Waals surface area contributed by atoms with E-state index >= 15 is 4.39 Å². The zero-order valence-electron chi connectivity index (χ0n) is 23.9. The molecule has 2 fully saturated rings. The number of hydrogen-bond donors (Lipinski definition) is 2. The second-order valence-corrected chi connectivity index (χ2v) is 13.9. The monoisotopic (exact) mass is 619 g/mol. The first-order valence-corrected chi connectivity index (χ1v) is 16.6. The zero-order valence-corrected chi connectivity index (χ0v) is 25.5. The minimum atomic E-state index is -1.09. The molecule has 3 unspecified atom stereocenters. The van der Waals surface area contributed by atoms with Gasteiger partial charge in [-0.1, -0.05) is 24.6 Å². The van der Waals surface area contributed by atoms with Crippen LogP contribution in [0.15, 0.2) is 58.3 Å². The van der Waals surface area contributed by atoms with E-state index in [1.54, 1.807) is 28.9 Å². The van der Waals surface area contributed by atoms with Crippen LogP contribution in [0.4, 0.5) is 8.78 Å². The van der Waals surface area contributed by atoms with Gasteiger partial charge in [0.15, 0.2) is 5.69 Å². The molecule has 2 bridgehead atoms. The molecule has 0 radical (unpaired) electrons. The number of carboxylic acid groups (broad SMARTS) is 1. The predicted molar refractivity (Wildman–Crippen MR) is 163 cm³/mol. The summed E-state index contributed by atoms with van der Waals surface area (Å²) >= 11 is 2.35. The van der Waals surface area contributed by atoms with Gasteiger partial charge in [-0.15, -0.1) is 11.3 Å². The van der Waals surface area contributed by atoms with Crippen molar-refractivity contribution in [1.82, 2.24) is 14.8 Å². The van der Waals surface area contributed by atoms with Crippen molar-refractivity contribution < 1.29 is 23.8 Å². The highest BCUT2D eigenvalue weighted by atomic mass is 32.2. The minimum Gasteiger partial charge on any atom is -0.476 e. The van der Waals surface area contributed by atoms with Gasteiger partial charge >= 0.3 is 5.97 Å². The summed E-state index contributed by atoms with van der Waals surface area (Å²) in [4.78, 5) is 16.5. The Labute approximate surface area is 257 Å². The molecule has 3 aliphatic rings. The molecule has 4 N–H and O–H groups in total. The number of quaternary nitrogens is 1. The van der Waals surface area contributed by atoms with Crippen LogP contribution in [0.2, 0.25) is 0 Å². The Morgan fingerprint density at radius 1 is 1.16 bits per heavy atom. The second kappa shape index (κ2) is 11.3. The number of nitrogens with zero attached hydrogens (tertiary/aromatic N) is 3. The molecular weight excluding hydrogens is 587 g/mol. The highest BCUT2D eigenvalue weighted by Gasteiger charge is 2.36. The summed E-state index contributed by atoms with van der Waals surface area (Å²) in [7, 11) is 0. The average Bonchev–Trinajstić information content (AvgIpc) is 3.40. The highest BCUT2D eigenvalue weighted by Crippen LogP contribution is 2.49. The summed E-state index contributed by atoms with van der Waals surface area (Å²) in [6, 6.07) is 10.5. The number of aromatic nitrogens is 3. The van der Waals surface area contributed by atoms with E-state index in [-0.39, 0.29) is 23.2 Å². The molecule has 2 aromatic heterocycles. The average molecular weight is 620 g/mol. The van der Waals surface area contributed by atoms with Gasteiger partial charge in [0, 0.05) is 28.8 Å². The quantitative estimate of drug-likeness (QED) is 0.152. The van der Waals surface area contributed by atoms with Crippen LogP contribution in [0.1, 0.15) is 77.8 Å². The van der Waals surface area contributed by atoms with Crippen molar-refractivity contribution in [2.45, 2.75) is 62.7 Å². The third-order valence-electron chi connectivity index (χ3n) is 9.09. The number of fused-ring (bicyclic) bond motifs is 2. The van der Waals surface area contributed by atoms with Crippen molar-refractivity contribution >= 4 is 29.3 Å². The van der Waals surface area contributed by atoms with E-state index in [0.717, 1.165) is 72.9 Å². The number of rotatable bonds is 9. The van der Waals surface area contributed by atoms with Gasteiger partial charge in [0.2, 0.25) is 5.13 Å². The number of benzene rings is 2. The lowest BCUT2D eigenvalue weighted by Crippen LogP contribution is -2.36. The van der Waals surface area contributed by atoms with Crippen molar-refractivity contribution in [1.29, 1.82) is 0 Å². The maximum Gasteiger partial charge on any atom is 0.355 e. The molecule has 2 aromatic carbocycles. The first-order chi connectivity index (χ1) is 20.8. The van der Waals surface area contributed by atoms with Crippen LogP contribution in [0.5, 0.6) is 0 Å². The van der Waals surface area contributed by atoms with Crippen molar-refractivity contribution in [3.63, 3.8) is 0 Å². The molecule has 6 nitrogen and oxygen atoms in total. The molecule has 0 amide bonds. The Balaban J connectivity index is 1.37. The first-order valence-electron chi connectivity index (χ1n) is 14.8. The number of hydrogen-bond acceptors (Lipinski definition) is 5. The van der Waals surface area contributed by atoms with Crippen LogP contribution < -0.4 is 5.14 Å². The van der Waals surface area contributed by atoms with E-state index in [9.17, 15) is 14.3 Å². The lowest BCUT2D eigenvalue weighted by molar-refractivity contribution is -0.137.